The lowest BCUT2D eigenvalue weighted by molar-refractivity contribution is 0.0854. The van der Waals surface area contributed by atoms with E-state index in [2.05, 4.69) is 17.1 Å². The highest BCUT2D eigenvalue weighted by molar-refractivity contribution is 5.43. The van der Waals surface area contributed by atoms with E-state index >= 15 is 0 Å². The van der Waals surface area contributed by atoms with Crippen LogP contribution in [0.4, 0.5) is 5.69 Å². The molecule has 0 bridgehead atoms. The van der Waals surface area contributed by atoms with Crippen molar-refractivity contribution < 1.29 is 14.0 Å². The molecule has 0 aliphatic rings. The quantitative estimate of drug-likeness (QED) is 0.783. The minimum atomic E-state index is -0.134. The molecule has 108 valence electrons. The molecule has 1 aromatic carbocycles. The fourth-order valence-corrected chi connectivity index (χ4v) is 1.82. The van der Waals surface area contributed by atoms with Crippen molar-refractivity contribution in [1.29, 1.82) is 0 Å². The number of ether oxygens (including phenoxy) is 2. The molecule has 2 rings (SSSR count). The van der Waals surface area contributed by atoms with Crippen LogP contribution in [0.2, 0.25) is 0 Å². The number of nitrogens with two attached hydrogens (primary N) is 1. The number of rotatable bonds is 7. The van der Waals surface area contributed by atoms with Gasteiger partial charge in [-0.1, -0.05) is 24.6 Å². The van der Waals surface area contributed by atoms with Gasteiger partial charge in [-0.25, -0.2) is 0 Å². The molecular formula is C14H19N3O3. The zero-order chi connectivity index (χ0) is 14.4. The first-order valence-corrected chi connectivity index (χ1v) is 6.56. The Balaban J connectivity index is 1.95. The summed E-state index contributed by atoms with van der Waals surface area (Å²) in [5.41, 5.74) is 6.32. The van der Waals surface area contributed by atoms with Crippen molar-refractivity contribution in [3.05, 3.63) is 36.0 Å². The predicted molar refractivity (Wildman–Crippen MR) is 74.1 cm³/mol. The minimum Gasteiger partial charge on any atom is -0.484 e. The van der Waals surface area contributed by atoms with Crippen molar-refractivity contribution in [1.82, 2.24) is 10.1 Å². The molecule has 2 aromatic rings. The fraction of sp³-hybridized carbons (Fsp3) is 0.429. The first-order valence-electron chi connectivity index (χ1n) is 6.56. The molecule has 1 atom stereocenters. The predicted octanol–water partition coefficient (Wildman–Crippen LogP) is 2.72. The van der Waals surface area contributed by atoms with Gasteiger partial charge in [-0.2, -0.15) is 4.98 Å². The van der Waals surface area contributed by atoms with Crippen LogP contribution in [0.3, 0.4) is 0 Å². The molecular weight excluding hydrogens is 258 g/mol. The number of anilines is 1. The van der Waals surface area contributed by atoms with E-state index in [1.807, 2.05) is 12.1 Å². The molecule has 0 spiro atoms. The van der Waals surface area contributed by atoms with Crippen LogP contribution in [0.1, 0.15) is 37.6 Å². The first kappa shape index (κ1) is 14.3. The van der Waals surface area contributed by atoms with Crippen molar-refractivity contribution in [2.75, 3.05) is 12.8 Å². The van der Waals surface area contributed by atoms with Crippen LogP contribution in [0, 0.1) is 0 Å². The average molecular weight is 277 g/mol. The first-order chi connectivity index (χ1) is 9.72. The maximum absolute atomic E-state index is 5.67. The highest BCUT2D eigenvalue weighted by Gasteiger charge is 2.17. The van der Waals surface area contributed by atoms with Crippen LogP contribution in [0.5, 0.6) is 5.75 Å². The summed E-state index contributed by atoms with van der Waals surface area (Å²) in [7, 11) is 1.64. The van der Waals surface area contributed by atoms with E-state index < -0.39 is 0 Å². The van der Waals surface area contributed by atoms with Crippen LogP contribution in [-0.2, 0) is 11.3 Å². The van der Waals surface area contributed by atoms with Gasteiger partial charge in [0.1, 0.15) is 11.9 Å². The lowest BCUT2D eigenvalue weighted by atomic mass is 10.2. The van der Waals surface area contributed by atoms with Gasteiger partial charge in [0.25, 0.3) is 5.89 Å². The molecule has 0 radical (unpaired) electrons. The molecule has 0 fully saturated rings. The van der Waals surface area contributed by atoms with Gasteiger partial charge in [0, 0.05) is 18.9 Å². The van der Waals surface area contributed by atoms with E-state index in [0.717, 1.165) is 12.8 Å². The van der Waals surface area contributed by atoms with Crippen LogP contribution < -0.4 is 10.5 Å². The number of hydrogen-bond acceptors (Lipinski definition) is 6. The molecule has 6 heteroatoms. The number of methoxy groups -OCH3 is 1. The van der Waals surface area contributed by atoms with Crippen molar-refractivity contribution in [2.45, 2.75) is 32.5 Å². The lowest BCUT2D eigenvalue weighted by Gasteiger charge is -2.08. The standard InChI is InChI=1S/C14H19N3O3/c1-3-5-12(18-2)14-16-13(20-17-14)9-19-11-7-4-6-10(15)8-11/h4,6-8,12H,3,5,9,15H2,1-2H3. The number of aromatic nitrogens is 2. The van der Waals surface area contributed by atoms with Gasteiger partial charge in [-0.05, 0) is 18.6 Å². The molecule has 0 saturated carbocycles. The van der Waals surface area contributed by atoms with Crippen LogP contribution in [-0.4, -0.2) is 17.3 Å². The Morgan fingerprint density at radius 2 is 2.25 bits per heavy atom. The lowest BCUT2D eigenvalue weighted by Crippen LogP contribution is -2.04. The Labute approximate surface area is 117 Å². The maximum atomic E-state index is 5.67. The van der Waals surface area contributed by atoms with Crippen LogP contribution >= 0.6 is 0 Å². The zero-order valence-electron chi connectivity index (χ0n) is 11.7. The minimum absolute atomic E-state index is 0.134. The van der Waals surface area contributed by atoms with E-state index in [-0.39, 0.29) is 12.7 Å². The number of benzene rings is 1. The summed E-state index contributed by atoms with van der Waals surface area (Å²) in [6.07, 6.45) is 1.71. The van der Waals surface area contributed by atoms with Gasteiger partial charge in [0.2, 0.25) is 5.82 Å². The highest BCUT2D eigenvalue weighted by atomic mass is 16.5. The van der Waals surface area contributed by atoms with E-state index in [1.165, 1.54) is 0 Å². The number of nitrogens with zero attached hydrogens (tertiary/aromatic N) is 2. The largest absolute Gasteiger partial charge is 0.484 e. The summed E-state index contributed by atoms with van der Waals surface area (Å²) >= 11 is 0. The summed E-state index contributed by atoms with van der Waals surface area (Å²) in [6, 6.07) is 7.19. The van der Waals surface area contributed by atoms with Crippen LogP contribution in [0.25, 0.3) is 0 Å². The van der Waals surface area contributed by atoms with Crippen molar-refractivity contribution in [2.24, 2.45) is 0 Å². The number of hydrogen-bond donors (Lipinski definition) is 1. The van der Waals surface area contributed by atoms with E-state index in [4.69, 9.17) is 19.7 Å². The van der Waals surface area contributed by atoms with Gasteiger partial charge in [0.15, 0.2) is 6.61 Å². The summed E-state index contributed by atoms with van der Waals surface area (Å²) in [5.74, 6) is 1.64. The third kappa shape index (κ3) is 3.71. The van der Waals surface area contributed by atoms with Crippen molar-refractivity contribution in [3.63, 3.8) is 0 Å². The SMILES string of the molecule is CCCC(OC)c1noc(COc2cccc(N)c2)n1. The molecule has 6 nitrogen and oxygen atoms in total. The molecule has 0 amide bonds. The van der Waals surface area contributed by atoms with Gasteiger partial charge in [0.05, 0.1) is 0 Å². The summed E-state index contributed by atoms with van der Waals surface area (Å²) in [4.78, 5) is 4.28. The van der Waals surface area contributed by atoms with E-state index in [1.54, 1.807) is 19.2 Å². The second kappa shape index (κ2) is 6.91. The highest BCUT2D eigenvalue weighted by Crippen LogP contribution is 2.20. The average Bonchev–Trinajstić information content (AvgIpc) is 2.91. The number of nitrogen functional groups attached to an aromatic ring is 1. The molecule has 1 unspecified atom stereocenters. The second-order valence-corrected chi connectivity index (χ2v) is 4.42. The third-order valence-corrected chi connectivity index (χ3v) is 2.83. The normalized spacial score (nSPS) is 12.3. The molecule has 0 aliphatic heterocycles. The second-order valence-electron chi connectivity index (χ2n) is 4.42. The van der Waals surface area contributed by atoms with Gasteiger partial charge < -0.3 is 19.7 Å². The molecule has 2 N–H and O–H groups in total. The molecule has 0 aliphatic carbocycles. The van der Waals surface area contributed by atoms with Gasteiger partial charge >= 0.3 is 0 Å². The molecule has 1 heterocycles. The topological polar surface area (TPSA) is 83.4 Å². The Bertz CT molecular complexity index is 542. The summed E-state index contributed by atoms with van der Waals surface area (Å²) < 4.78 is 16.0. The molecule has 20 heavy (non-hydrogen) atoms. The third-order valence-electron chi connectivity index (χ3n) is 2.83. The Morgan fingerprint density at radius 1 is 1.40 bits per heavy atom. The zero-order valence-corrected chi connectivity index (χ0v) is 11.7. The smallest absolute Gasteiger partial charge is 0.264 e. The fourth-order valence-electron chi connectivity index (χ4n) is 1.82. The Hall–Kier alpha value is -2.08. The maximum Gasteiger partial charge on any atom is 0.264 e. The monoisotopic (exact) mass is 277 g/mol. The van der Waals surface area contributed by atoms with E-state index in [9.17, 15) is 0 Å². The van der Waals surface area contributed by atoms with Crippen molar-refractivity contribution in [3.8, 4) is 5.75 Å². The molecule has 0 saturated heterocycles. The molecule has 1 aromatic heterocycles. The Morgan fingerprint density at radius 3 is 2.95 bits per heavy atom. The van der Waals surface area contributed by atoms with Gasteiger partial charge in [-0.15, -0.1) is 0 Å². The van der Waals surface area contributed by atoms with Gasteiger partial charge in [-0.3, -0.25) is 0 Å². The Kier molecular flexibility index (Phi) is 4.95. The van der Waals surface area contributed by atoms with Crippen molar-refractivity contribution >= 4 is 5.69 Å². The van der Waals surface area contributed by atoms with Crippen LogP contribution in [0.15, 0.2) is 28.8 Å². The summed E-state index contributed by atoms with van der Waals surface area (Å²) in [5, 5.41) is 3.92. The summed E-state index contributed by atoms with van der Waals surface area (Å²) in [6.45, 7) is 2.29. The van der Waals surface area contributed by atoms with E-state index in [0.29, 0.717) is 23.2 Å².